The Morgan fingerprint density at radius 2 is 1.87 bits per heavy atom. The van der Waals surface area contributed by atoms with Crippen molar-refractivity contribution in [3.8, 4) is 0 Å². The van der Waals surface area contributed by atoms with Gasteiger partial charge in [0, 0.05) is 12.7 Å². The zero-order valence-electron chi connectivity index (χ0n) is 16.1. The van der Waals surface area contributed by atoms with Gasteiger partial charge in [-0.15, -0.1) is 0 Å². The van der Waals surface area contributed by atoms with Crippen LogP contribution < -0.4 is 10.5 Å². The van der Waals surface area contributed by atoms with Crippen molar-refractivity contribution >= 4 is 34.5 Å². The molecule has 5 rings (SSSR count). The molecule has 2 atom stereocenters. The summed E-state index contributed by atoms with van der Waals surface area (Å²) in [6.45, 7) is 1.46. The van der Waals surface area contributed by atoms with E-state index in [1.165, 1.54) is 5.39 Å². The molecule has 0 fully saturated rings. The van der Waals surface area contributed by atoms with Crippen molar-refractivity contribution in [3.63, 3.8) is 0 Å². The number of amidine groups is 1. The normalized spacial score (nSPS) is 19.6. The van der Waals surface area contributed by atoms with Gasteiger partial charge in [0.2, 0.25) is 0 Å². The molecule has 1 N–H and O–H groups in total. The third-order valence-corrected chi connectivity index (χ3v) is 4.70. The van der Waals surface area contributed by atoms with Crippen molar-refractivity contribution < 1.29 is 9.90 Å². The number of azo groups is 1. The molecule has 0 amide bonds. The standard InChI is InChI=1S/C20H17N7.CH2O2/c1-13-18(23-22-16-10-9-14-6-2-3-7-15(14)12-16)20-25-24-19(27(20)26-13)17-8-4-5-11-21-17;2-1-3/h2-12,18,20,25H,1H3;1H,(H,2,3)/p-1. The Kier molecular flexibility index (Phi) is 5.42. The van der Waals surface area contributed by atoms with Crippen LogP contribution >= 0.6 is 0 Å². The van der Waals surface area contributed by atoms with Gasteiger partial charge < -0.3 is 9.90 Å². The van der Waals surface area contributed by atoms with Crippen LogP contribution in [0.25, 0.3) is 10.8 Å². The molecular formula is C21H18N7O2-. The summed E-state index contributed by atoms with van der Waals surface area (Å²) in [5, 5.41) is 30.4. The number of nitrogens with one attached hydrogen (secondary N) is 1. The molecule has 0 bridgehead atoms. The average Bonchev–Trinajstić information content (AvgIpc) is 3.31. The summed E-state index contributed by atoms with van der Waals surface area (Å²) >= 11 is 0. The maximum absolute atomic E-state index is 8.25. The van der Waals surface area contributed by atoms with E-state index >= 15 is 0 Å². The third kappa shape index (κ3) is 3.72. The SMILES string of the molecule is CC1=NN2C(c3ccccn3)=NNC2C1N=Nc1ccc2ccccc2c1.O=C[O-]. The first-order valence-corrected chi connectivity index (χ1v) is 9.25. The first-order chi connectivity index (χ1) is 14.7. The minimum Gasteiger partial charge on any atom is -0.554 e. The highest BCUT2D eigenvalue weighted by Gasteiger charge is 2.42. The summed E-state index contributed by atoms with van der Waals surface area (Å²) in [5.41, 5.74) is 5.61. The number of carbonyl (C=O) groups is 1. The van der Waals surface area contributed by atoms with E-state index in [-0.39, 0.29) is 12.2 Å². The zero-order valence-corrected chi connectivity index (χ0v) is 16.1. The molecule has 9 nitrogen and oxygen atoms in total. The van der Waals surface area contributed by atoms with Gasteiger partial charge in [0.1, 0.15) is 5.69 Å². The number of carbonyl (C=O) groups excluding carboxylic acids is 1. The van der Waals surface area contributed by atoms with E-state index in [0.717, 1.165) is 22.5 Å². The molecule has 2 unspecified atom stereocenters. The lowest BCUT2D eigenvalue weighted by atomic mass is 10.1. The number of pyridine rings is 1. The zero-order chi connectivity index (χ0) is 20.9. The number of carboxylic acid groups (broad SMARTS) is 1. The van der Waals surface area contributed by atoms with E-state index in [1.807, 2.05) is 54.4 Å². The molecule has 3 aromatic rings. The monoisotopic (exact) mass is 400 g/mol. The molecule has 2 aliphatic heterocycles. The summed E-state index contributed by atoms with van der Waals surface area (Å²) in [7, 11) is 0. The topological polar surface area (TPSA) is 118 Å². The van der Waals surface area contributed by atoms with Gasteiger partial charge in [-0.3, -0.25) is 10.4 Å². The second-order valence-corrected chi connectivity index (χ2v) is 6.60. The van der Waals surface area contributed by atoms with E-state index in [0.29, 0.717) is 5.84 Å². The largest absolute Gasteiger partial charge is 0.554 e. The van der Waals surface area contributed by atoms with E-state index in [4.69, 9.17) is 9.90 Å². The van der Waals surface area contributed by atoms with Crippen LogP contribution in [0.4, 0.5) is 5.69 Å². The highest BCUT2D eigenvalue weighted by atomic mass is 16.3. The van der Waals surface area contributed by atoms with Crippen LogP contribution in [0.15, 0.2) is 87.3 Å². The van der Waals surface area contributed by atoms with Gasteiger partial charge in [-0.1, -0.05) is 36.4 Å². The fourth-order valence-electron chi connectivity index (χ4n) is 3.32. The van der Waals surface area contributed by atoms with E-state index in [2.05, 4.69) is 49.0 Å². The first-order valence-electron chi connectivity index (χ1n) is 9.25. The summed E-state index contributed by atoms with van der Waals surface area (Å²) in [6, 6.07) is 19.8. The number of rotatable bonds is 3. The lowest BCUT2D eigenvalue weighted by molar-refractivity contribution is -0.283. The summed E-state index contributed by atoms with van der Waals surface area (Å²) in [6.07, 6.45) is 1.57. The van der Waals surface area contributed by atoms with Gasteiger partial charge in [-0.05, 0) is 42.0 Å². The summed E-state index contributed by atoms with van der Waals surface area (Å²) < 4.78 is 0. The molecule has 0 spiro atoms. The van der Waals surface area contributed by atoms with Crippen LogP contribution in [0.1, 0.15) is 12.6 Å². The van der Waals surface area contributed by atoms with Gasteiger partial charge in [-0.25, -0.2) is 5.01 Å². The Bertz CT molecular complexity index is 1140. The van der Waals surface area contributed by atoms with Crippen molar-refractivity contribution in [1.29, 1.82) is 0 Å². The molecular weight excluding hydrogens is 382 g/mol. The molecule has 2 aliphatic rings. The number of hydrogen-bond donors (Lipinski definition) is 1. The fourth-order valence-corrected chi connectivity index (χ4v) is 3.32. The van der Waals surface area contributed by atoms with E-state index < -0.39 is 6.47 Å². The molecule has 2 aromatic carbocycles. The Morgan fingerprint density at radius 3 is 2.63 bits per heavy atom. The van der Waals surface area contributed by atoms with Crippen molar-refractivity contribution in [3.05, 3.63) is 72.6 Å². The molecule has 0 radical (unpaired) electrons. The number of hydrogen-bond acceptors (Lipinski definition) is 9. The maximum atomic E-state index is 8.25. The first kappa shape index (κ1) is 19.2. The van der Waals surface area contributed by atoms with Gasteiger partial charge in [0.15, 0.2) is 18.0 Å². The van der Waals surface area contributed by atoms with Gasteiger partial charge in [-0.2, -0.15) is 20.4 Å². The molecule has 150 valence electrons. The second kappa shape index (κ2) is 8.48. The minimum absolute atomic E-state index is 0.175. The summed E-state index contributed by atoms with van der Waals surface area (Å²) in [5.74, 6) is 0.698. The lowest BCUT2D eigenvalue weighted by Crippen LogP contribution is -2.41. The predicted molar refractivity (Wildman–Crippen MR) is 111 cm³/mol. The second-order valence-electron chi connectivity index (χ2n) is 6.60. The molecule has 9 heteroatoms. The van der Waals surface area contributed by atoms with Crippen LogP contribution in [0.2, 0.25) is 0 Å². The Morgan fingerprint density at radius 1 is 1.10 bits per heavy atom. The number of hydrazone groups is 2. The number of aromatic nitrogens is 1. The molecule has 0 aliphatic carbocycles. The predicted octanol–water partition coefficient (Wildman–Crippen LogP) is 2.04. The van der Waals surface area contributed by atoms with Crippen molar-refractivity contribution in [1.82, 2.24) is 15.4 Å². The van der Waals surface area contributed by atoms with E-state index in [9.17, 15) is 0 Å². The molecule has 3 heterocycles. The maximum Gasteiger partial charge on any atom is 0.196 e. The number of fused-ring (bicyclic) bond motifs is 2. The lowest BCUT2D eigenvalue weighted by Gasteiger charge is -2.17. The highest BCUT2D eigenvalue weighted by molar-refractivity contribution is 6.02. The molecule has 0 saturated carbocycles. The van der Waals surface area contributed by atoms with Crippen LogP contribution in [0, 0.1) is 0 Å². The summed E-state index contributed by atoms with van der Waals surface area (Å²) in [4.78, 5) is 12.6. The van der Waals surface area contributed by atoms with Crippen LogP contribution in [0.5, 0.6) is 0 Å². The van der Waals surface area contributed by atoms with Gasteiger partial charge >= 0.3 is 0 Å². The van der Waals surface area contributed by atoms with Gasteiger partial charge in [0.25, 0.3) is 0 Å². The Labute approximate surface area is 172 Å². The molecule has 30 heavy (non-hydrogen) atoms. The Balaban J connectivity index is 0.000000687. The number of nitrogens with zero attached hydrogens (tertiary/aromatic N) is 6. The third-order valence-electron chi connectivity index (χ3n) is 4.70. The van der Waals surface area contributed by atoms with Crippen LogP contribution in [-0.2, 0) is 4.79 Å². The van der Waals surface area contributed by atoms with Crippen LogP contribution in [0.3, 0.4) is 0 Å². The van der Waals surface area contributed by atoms with Crippen molar-refractivity contribution in [2.24, 2.45) is 20.4 Å². The molecule has 0 saturated heterocycles. The van der Waals surface area contributed by atoms with Gasteiger partial charge in [0.05, 0.1) is 11.4 Å². The molecule has 1 aromatic heterocycles. The number of benzene rings is 2. The van der Waals surface area contributed by atoms with E-state index in [1.54, 1.807) is 6.20 Å². The Hall–Kier alpha value is -4.14. The quantitative estimate of drug-likeness (QED) is 0.533. The average molecular weight is 400 g/mol. The van der Waals surface area contributed by atoms with Crippen LogP contribution in [-0.4, -0.2) is 40.2 Å². The van der Waals surface area contributed by atoms with Crippen molar-refractivity contribution in [2.45, 2.75) is 19.1 Å². The smallest absolute Gasteiger partial charge is 0.196 e. The minimum atomic E-state index is -0.500. The fraction of sp³-hybridized carbons (Fsp3) is 0.143. The highest BCUT2D eigenvalue weighted by Crippen LogP contribution is 2.26. The van der Waals surface area contributed by atoms with Crippen molar-refractivity contribution in [2.75, 3.05) is 0 Å².